The zero-order valence-electron chi connectivity index (χ0n) is 11.3. The molecule has 0 aromatic carbocycles. The highest BCUT2D eigenvalue weighted by Gasteiger charge is 2.57. The van der Waals surface area contributed by atoms with Crippen molar-refractivity contribution < 1.29 is 4.74 Å². The Bertz CT molecular complexity index is 277. The van der Waals surface area contributed by atoms with Gasteiger partial charge >= 0.3 is 0 Å². The maximum atomic E-state index is 6.02. The van der Waals surface area contributed by atoms with Gasteiger partial charge in [0.1, 0.15) is 0 Å². The first kappa shape index (κ1) is 12.2. The van der Waals surface area contributed by atoms with E-state index in [1.165, 1.54) is 31.3 Å². The fourth-order valence-corrected chi connectivity index (χ4v) is 3.39. The number of allylic oxidation sites excluding steroid dienone is 1. The summed E-state index contributed by atoms with van der Waals surface area (Å²) in [6, 6.07) is 0. The lowest BCUT2D eigenvalue weighted by Crippen LogP contribution is -2.31. The van der Waals surface area contributed by atoms with Crippen molar-refractivity contribution >= 4 is 0 Å². The largest absolute Gasteiger partial charge is 0.366 e. The van der Waals surface area contributed by atoms with Crippen molar-refractivity contribution in [2.45, 2.75) is 71.5 Å². The quantitative estimate of drug-likeness (QED) is 0.511. The van der Waals surface area contributed by atoms with Crippen LogP contribution in [-0.4, -0.2) is 11.7 Å². The molecule has 1 aliphatic heterocycles. The van der Waals surface area contributed by atoms with Gasteiger partial charge in [0, 0.05) is 0 Å². The van der Waals surface area contributed by atoms with E-state index in [9.17, 15) is 0 Å². The monoisotopic (exact) mass is 222 g/mol. The Morgan fingerprint density at radius 3 is 2.62 bits per heavy atom. The molecule has 4 atom stereocenters. The van der Waals surface area contributed by atoms with Gasteiger partial charge in [0.2, 0.25) is 0 Å². The number of hydrogen-bond acceptors (Lipinski definition) is 1. The van der Waals surface area contributed by atoms with Crippen molar-refractivity contribution in [2.24, 2.45) is 11.8 Å². The van der Waals surface area contributed by atoms with Crippen molar-refractivity contribution in [3.05, 3.63) is 11.6 Å². The molecule has 0 N–H and O–H groups in total. The number of ether oxygens (including phenoxy) is 1. The molecule has 0 aromatic rings. The Balaban J connectivity index is 1.92. The van der Waals surface area contributed by atoms with Crippen LogP contribution in [0.25, 0.3) is 0 Å². The molecule has 2 rings (SSSR count). The molecule has 16 heavy (non-hydrogen) atoms. The molecular formula is C15H26O. The van der Waals surface area contributed by atoms with Crippen LogP contribution in [0.3, 0.4) is 0 Å². The summed E-state index contributed by atoms with van der Waals surface area (Å²) in [5, 5.41) is 0. The maximum Gasteiger partial charge on any atom is 0.0954 e. The highest BCUT2D eigenvalue weighted by atomic mass is 16.6. The van der Waals surface area contributed by atoms with Gasteiger partial charge in [-0.1, -0.05) is 37.8 Å². The standard InChI is InChI=1S/C15H26O/c1-11(2)9-10-14-15(4,16-14)13-8-6-5-7-12(13)3/h9,12-14H,5-8,10H2,1-4H3/t12-,13+,14-,15-/m1/s1. The lowest BCUT2D eigenvalue weighted by Gasteiger charge is -2.32. The van der Waals surface area contributed by atoms with Gasteiger partial charge in [0.15, 0.2) is 0 Å². The topological polar surface area (TPSA) is 12.5 Å². The third-order valence-electron chi connectivity index (χ3n) is 4.57. The summed E-state index contributed by atoms with van der Waals surface area (Å²) >= 11 is 0. The van der Waals surface area contributed by atoms with Gasteiger partial charge < -0.3 is 4.74 Å². The SMILES string of the molecule is CC(C)=CC[C@H]1O[C@]1(C)[C@H]1CCCC[C@H]1C. The van der Waals surface area contributed by atoms with Crippen LogP contribution < -0.4 is 0 Å². The fourth-order valence-electron chi connectivity index (χ4n) is 3.39. The van der Waals surface area contributed by atoms with E-state index in [1.807, 2.05) is 0 Å². The van der Waals surface area contributed by atoms with Crippen LogP contribution in [0.5, 0.6) is 0 Å². The summed E-state index contributed by atoms with van der Waals surface area (Å²) in [5.74, 6) is 1.66. The molecule has 1 saturated carbocycles. The van der Waals surface area contributed by atoms with Crippen molar-refractivity contribution in [3.63, 3.8) is 0 Å². The van der Waals surface area contributed by atoms with Crippen molar-refractivity contribution in [3.8, 4) is 0 Å². The molecule has 92 valence electrons. The first-order valence-electron chi connectivity index (χ1n) is 6.85. The molecule has 0 aromatic heterocycles. The number of hydrogen-bond donors (Lipinski definition) is 0. The van der Waals surface area contributed by atoms with Crippen molar-refractivity contribution in [1.82, 2.24) is 0 Å². The van der Waals surface area contributed by atoms with Crippen LogP contribution in [0.1, 0.15) is 59.8 Å². The summed E-state index contributed by atoms with van der Waals surface area (Å²) in [4.78, 5) is 0. The van der Waals surface area contributed by atoms with Gasteiger partial charge in [-0.3, -0.25) is 0 Å². The number of rotatable bonds is 3. The molecule has 0 amide bonds. The van der Waals surface area contributed by atoms with E-state index in [1.54, 1.807) is 0 Å². The van der Waals surface area contributed by atoms with Crippen molar-refractivity contribution in [1.29, 1.82) is 0 Å². The zero-order chi connectivity index (χ0) is 11.8. The van der Waals surface area contributed by atoms with E-state index in [0.29, 0.717) is 6.10 Å². The Morgan fingerprint density at radius 1 is 1.31 bits per heavy atom. The molecule has 1 aliphatic carbocycles. The van der Waals surface area contributed by atoms with Crippen LogP contribution in [0.4, 0.5) is 0 Å². The van der Waals surface area contributed by atoms with E-state index >= 15 is 0 Å². The van der Waals surface area contributed by atoms with Gasteiger partial charge in [-0.2, -0.15) is 0 Å². The van der Waals surface area contributed by atoms with Crippen LogP contribution in [0.15, 0.2) is 11.6 Å². The molecule has 1 nitrogen and oxygen atoms in total. The Morgan fingerprint density at radius 2 is 2.00 bits per heavy atom. The first-order valence-corrected chi connectivity index (χ1v) is 6.85. The minimum absolute atomic E-state index is 0.200. The average molecular weight is 222 g/mol. The third kappa shape index (κ3) is 2.34. The van der Waals surface area contributed by atoms with E-state index in [-0.39, 0.29) is 5.60 Å². The molecular weight excluding hydrogens is 196 g/mol. The molecule has 1 heterocycles. The Labute approximate surface area is 100 Å². The average Bonchev–Trinajstić information content (AvgIpc) is 2.88. The van der Waals surface area contributed by atoms with Crippen LogP contribution in [0, 0.1) is 11.8 Å². The smallest absolute Gasteiger partial charge is 0.0954 e. The first-order chi connectivity index (χ1) is 7.54. The minimum Gasteiger partial charge on any atom is -0.366 e. The Kier molecular flexibility index (Phi) is 3.44. The van der Waals surface area contributed by atoms with Gasteiger partial charge in [-0.05, 0) is 45.4 Å². The highest BCUT2D eigenvalue weighted by molar-refractivity contribution is 5.09. The van der Waals surface area contributed by atoms with E-state index < -0.39 is 0 Å². The molecule has 0 radical (unpaired) electrons. The van der Waals surface area contributed by atoms with Crippen LogP contribution in [-0.2, 0) is 4.74 Å². The minimum atomic E-state index is 0.200. The summed E-state index contributed by atoms with van der Waals surface area (Å²) in [6.45, 7) is 9.09. The van der Waals surface area contributed by atoms with Gasteiger partial charge in [-0.25, -0.2) is 0 Å². The summed E-state index contributed by atoms with van der Waals surface area (Å²) < 4.78 is 6.02. The maximum absolute atomic E-state index is 6.02. The summed E-state index contributed by atoms with van der Waals surface area (Å²) in [5.41, 5.74) is 1.61. The predicted molar refractivity (Wildman–Crippen MR) is 68.4 cm³/mol. The fraction of sp³-hybridized carbons (Fsp3) is 0.867. The molecule has 2 fully saturated rings. The highest BCUT2D eigenvalue weighted by Crippen LogP contribution is 2.51. The Hall–Kier alpha value is -0.300. The second-order valence-electron chi connectivity index (χ2n) is 6.18. The zero-order valence-corrected chi connectivity index (χ0v) is 11.3. The third-order valence-corrected chi connectivity index (χ3v) is 4.57. The second kappa shape index (κ2) is 4.52. The molecule has 1 heteroatoms. The summed E-state index contributed by atoms with van der Waals surface area (Å²) in [7, 11) is 0. The molecule has 0 bridgehead atoms. The normalized spacial score (nSPS) is 42.9. The van der Waals surface area contributed by atoms with Crippen LogP contribution >= 0.6 is 0 Å². The molecule has 2 aliphatic rings. The molecule has 0 unspecified atom stereocenters. The molecule has 1 saturated heterocycles. The lowest BCUT2D eigenvalue weighted by molar-refractivity contribution is 0.137. The van der Waals surface area contributed by atoms with E-state index in [0.717, 1.165) is 18.3 Å². The van der Waals surface area contributed by atoms with E-state index in [4.69, 9.17) is 4.74 Å². The molecule has 0 spiro atoms. The predicted octanol–water partition coefficient (Wildman–Crippen LogP) is 4.33. The summed E-state index contributed by atoms with van der Waals surface area (Å²) in [6.07, 6.45) is 9.54. The van der Waals surface area contributed by atoms with E-state index in [2.05, 4.69) is 33.8 Å². The van der Waals surface area contributed by atoms with Gasteiger partial charge in [0.05, 0.1) is 11.7 Å². The second-order valence-corrected chi connectivity index (χ2v) is 6.18. The van der Waals surface area contributed by atoms with Gasteiger partial charge in [-0.15, -0.1) is 0 Å². The van der Waals surface area contributed by atoms with Crippen LogP contribution in [0.2, 0.25) is 0 Å². The van der Waals surface area contributed by atoms with Crippen molar-refractivity contribution in [2.75, 3.05) is 0 Å². The number of epoxide rings is 1. The van der Waals surface area contributed by atoms with Gasteiger partial charge in [0.25, 0.3) is 0 Å². The lowest BCUT2D eigenvalue weighted by atomic mass is 9.72.